The zero-order chi connectivity index (χ0) is 8.27. The number of rotatable bonds is 3. The lowest BCUT2D eigenvalue weighted by Crippen LogP contribution is -1.88. The van der Waals surface area contributed by atoms with Crippen LogP contribution in [0.3, 0.4) is 0 Å². The van der Waals surface area contributed by atoms with Gasteiger partial charge in [-0.2, -0.15) is 12.6 Å². The molecule has 1 rings (SSSR count). The van der Waals surface area contributed by atoms with Crippen molar-refractivity contribution < 1.29 is 0 Å². The molecule has 0 spiro atoms. The van der Waals surface area contributed by atoms with E-state index in [4.69, 9.17) is 0 Å². The number of H-pyrrole nitrogens is 1. The van der Waals surface area contributed by atoms with Gasteiger partial charge in [0.25, 0.3) is 0 Å². The number of imidazole rings is 1. The van der Waals surface area contributed by atoms with Crippen molar-refractivity contribution in [1.29, 1.82) is 0 Å². The molecule has 1 heterocycles. The first-order chi connectivity index (χ1) is 5.27. The van der Waals surface area contributed by atoms with Gasteiger partial charge in [0.05, 0.1) is 5.69 Å². The molecule has 0 fully saturated rings. The van der Waals surface area contributed by atoms with Gasteiger partial charge in [-0.05, 0) is 19.1 Å². The summed E-state index contributed by atoms with van der Waals surface area (Å²) in [5, 5.41) is 0. The predicted molar refractivity (Wildman–Crippen MR) is 50.3 cm³/mol. The highest BCUT2D eigenvalue weighted by Gasteiger charge is 2.02. The van der Waals surface area contributed by atoms with Gasteiger partial charge in [0.1, 0.15) is 5.82 Å². The molecule has 2 nitrogen and oxygen atoms in total. The van der Waals surface area contributed by atoms with E-state index in [1.54, 1.807) is 0 Å². The quantitative estimate of drug-likeness (QED) is 0.665. The van der Waals surface area contributed by atoms with Crippen molar-refractivity contribution in [3.05, 3.63) is 17.2 Å². The van der Waals surface area contributed by atoms with E-state index in [-0.39, 0.29) is 0 Å². The number of aryl methyl sites for hydroxylation is 3. The maximum absolute atomic E-state index is 4.41. The first kappa shape index (κ1) is 8.65. The van der Waals surface area contributed by atoms with Crippen molar-refractivity contribution >= 4 is 12.6 Å². The van der Waals surface area contributed by atoms with Gasteiger partial charge in [0.2, 0.25) is 0 Å². The van der Waals surface area contributed by atoms with Crippen LogP contribution in [0, 0.1) is 6.92 Å². The second-order valence-corrected chi connectivity index (χ2v) is 3.03. The van der Waals surface area contributed by atoms with Crippen LogP contribution in [0.2, 0.25) is 0 Å². The molecular weight excluding hydrogens is 156 g/mol. The normalized spacial score (nSPS) is 10.5. The summed E-state index contributed by atoms with van der Waals surface area (Å²) in [6.07, 6.45) is 1.94. The van der Waals surface area contributed by atoms with Gasteiger partial charge in [-0.15, -0.1) is 0 Å². The Bertz CT molecular complexity index is 230. The molecule has 0 radical (unpaired) electrons. The average molecular weight is 170 g/mol. The van der Waals surface area contributed by atoms with E-state index in [0.29, 0.717) is 0 Å². The van der Waals surface area contributed by atoms with E-state index in [1.807, 2.05) is 0 Å². The lowest BCUT2D eigenvalue weighted by Gasteiger charge is -1.87. The largest absolute Gasteiger partial charge is 0.346 e. The van der Waals surface area contributed by atoms with Gasteiger partial charge in [-0.1, -0.05) is 6.92 Å². The number of aromatic nitrogens is 2. The summed E-state index contributed by atoms with van der Waals surface area (Å²) in [4.78, 5) is 7.65. The fourth-order valence-corrected chi connectivity index (χ4v) is 1.34. The molecule has 0 saturated heterocycles. The van der Waals surface area contributed by atoms with E-state index < -0.39 is 0 Å². The van der Waals surface area contributed by atoms with E-state index in [0.717, 1.165) is 24.4 Å². The monoisotopic (exact) mass is 170 g/mol. The predicted octanol–water partition coefficient (Wildman–Crippen LogP) is 1.75. The molecule has 62 valence electrons. The maximum Gasteiger partial charge on any atom is 0.107 e. The number of hydrogen-bond acceptors (Lipinski definition) is 2. The molecule has 0 aliphatic rings. The molecule has 11 heavy (non-hydrogen) atoms. The van der Waals surface area contributed by atoms with Crippen molar-refractivity contribution in [2.75, 3.05) is 5.75 Å². The maximum atomic E-state index is 4.41. The fraction of sp³-hybridized carbons (Fsp3) is 0.625. The van der Waals surface area contributed by atoms with Crippen LogP contribution < -0.4 is 0 Å². The van der Waals surface area contributed by atoms with Crippen molar-refractivity contribution in [1.82, 2.24) is 9.97 Å². The summed E-state index contributed by atoms with van der Waals surface area (Å²) in [5.41, 5.74) is 2.38. The molecule has 1 aromatic rings. The number of nitrogens with one attached hydrogen (secondary N) is 1. The van der Waals surface area contributed by atoms with Crippen LogP contribution in [0.15, 0.2) is 0 Å². The van der Waals surface area contributed by atoms with Crippen molar-refractivity contribution in [2.24, 2.45) is 0 Å². The average Bonchev–Trinajstić information content (AvgIpc) is 2.32. The van der Waals surface area contributed by atoms with Crippen molar-refractivity contribution in [3.63, 3.8) is 0 Å². The third kappa shape index (κ3) is 1.99. The standard InChI is InChI=1S/C8H14N2S/c1-3-7-6(2)9-8(10-7)4-5-11/h11H,3-5H2,1-2H3,(H,9,10). The zero-order valence-corrected chi connectivity index (χ0v) is 7.91. The van der Waals surface area contributed by atoms with Gasteiger partial charge < -0.3 is 4.98 Å². The Hall–Kier alpha value is -0.440. The molecule has 0 aliphatic carbocycles. The lowest BCUT2D eigenvalue weighted by molar-refractivity contribution is 0.972. The van der Waals surface area contributed by atoms with Crippen LogP contribution in [0.5, 0.6) is 0 Å². The minimum absolute atomic E-state index is 0.857. The van der Waals surface area contributed by atoms with Gasteiger partial charge in [-0.3, -0.25) is 0 Å². The fourth-order valence-electron chi connectivity index (χ4n) is 1.13. The number of thiol groups is 1. The van der Waals surface area contributed by atoms with E-state index in [1.165, 1.54) is 11.4 Å². The van der Waals surface area contributed by atoms with Crippen molar-refractivity contribution in [2.45, 2.75) is 26.7 Å². The Kier molecular flexibility index (Phi) is 3.00. The molecular formula is C8H14N2S. The van der Waals surface area contributed by atoms with Gasteiger partial charge in [-0.25, -0.2) is 4.98 Å². The molecule has 0 bridgehead atoms. The third-order valence-corrected chi connectivity index (χ3v) is 1.94. The molecule has 0 saturated carbocycles. The Balaban J connectivity index is 2.77. The highest BCUT2D eigenvalue weighted by atomic mass is 32.1. The Morgan fingerprint density at radius 3 is 2.73 bits per heavy atom. The molecule has 1 aromatic heterocycles. The molecule has 1 N–H and O–H groups in total. The highest BCUT2D eigenvalue weighted by molar-refractivity contribution is 7.80. The summed E-state index contributed by atoms with van der Waals surface area (Å²) in [5.74, 6) is 1.92. The minimum Gasteiger partial charge on any atom is -0.346 e. The smallest absolute Gasteiger partial charge is 0.107 e. The molecule has 0 aromatic carbocycles. The Morgan fingerprint density at radius 1 is 1.55 bits per heavy atom. The first-order valence-corrected chi connectivity index (χ1v) is 4.56. The topological polar surface area (TPSA) is 28.7 Å². The molecule has 3 heteroatoms. The van der Waals surface area contributed by atoms with Crippen LogP contribution in [-0.2, 0) is 12.8 Å². The van der Waals surface area contributed by atoms with Gasteiger partial charge in [0.15, 0.2) is 0 Å². The molecule has 0 atom stereocenters. The van der Waals surface area contributed by atoms with Gasteiger partial charge >= 0.3 is 0 Å². The van der Waals surface area contributed by atoms with E-state index >= 15 is 0 Å². The van der Waals surface area contributed by atoms with Crippen LogP contribution in [0.25, 0.3) is 0 Å². The zero-order valence-electron chi connectivity index (χ0n) is 7.02. The summed E-state index contributed by atoms with van der Waals surface area (Å²) in [6, 6.07) is 0. The highest BCUT2D eigenvalue weighted by Crippen LogP contribution is 2.05. The Morgan fingerprint density at radius 2 is 2.27 bits per heavy atom. The van der Waals surface area contributed by atoms with Crippen LogP contribution in [-0.4, -0.2) is 15.7 Å². The second-order valence-electron chi connectivity index (χ2n) is 2.58. The van der Waals surface area contributed by atoms with Crippen LogP contribution in [0.1, 0.15) is 24.1 Å². The molecule has 0 unspecified atom stereocenters. The summed E-state index contributed by atoms with van der Waals surface area (Å²) < 4.78 is 0. The van der Waals surface area contributed by atoms with E-state index in [9.17, 15) is 0 Å². The first-order valence-electron chi connectivity index (χ1n) is 3.93. The molecule has 0 aliphatic heterocycles. The Labute approximate surface area is 72.8 Å². The number of nitrogens with zero attached hydrogens (tertiary/aromatic N) is 1. The third-order valence-electron chi connectivity index (χ3n) is 1.72. The SMILES string of the molecule is CCc1nc(CCS)[nH]c1C. The number of aromatic amines is 1. The summed E-state index contributed by atoms with van der Waals surface area (Å²) in [7, 11) is 0. The van der Waals surface area contributed by atoms with E-state index in [2.05, 4.69) is 36.4 Å². The van der Waals surface area contributed by atoms with Crippen molar-refractivity contribution in [3.8, 4) is 0 Å². The summed E-state index contributed by atoms with van der Waals surface area (Å²) >= 11 is 4.14. The molecule has 0 amide bonds. The lowest BCUT2D eigenvalue weighted by atomic mass is 10.3. The minimum atomic E-state index is 0.857. The van der Waals surface area contributed by atoms with Crippen LogP contribution in [0.4, 0.5) is 0 Å². The second kappa shape index (κ2) is 3.81. The number of hydrogen-bond donors (Lipinski definition) is 2. The van der Waals surface area contributed by atoms with Crippen LogP contribution >= 0.6 is 12.6 Å². The van der Waals surface area contributed by atoms with Gasteiger partial charge in [0, 0.05) is 12.1 Å². The summed E-state index contributed by atoms with van der Waals surface area (Å²) in [6.45, 7) is 4.18.